The second kappa shape index (κ2) is 12.3. The van der Waals surface area contributed by atoms with E-state index in [-0.39, 0.29) is 17.2 Å². The molecule has 0 aliphatic carbocycles. The zero-order valence-corrected chi connectivity index (χ0v) is 18.0. The van der Waals surface area contributed by atoms with Gasteiger partial charge >= 0.3 is 11.9 Å². The number of phenolic OH excluding ortho intramolecular Hbond substituents is 1. The molecule has 33 heavy (non-hydrogen) atoms. The average Bonchev–Trinajstić information content (AvgIpc) is 2.79. The molecule has 8 heteroatoms. The van der Waals surface area contributed by atoms with Crippen LogP contribution in [0.1, 0.15) is 22.8 Å². The molecule has 8 nitrogen and oxygen atoms in total. The van der Waals surface area contributed by atoms with Crippen LogP contribution in [0.3, 0.4) is 0 Å². The Labute approximate surface area is 190 Å². The highest BCUT2D eigenvalue weighted by molar-refractivity contribution is 5.94. The van der Waals surface area contributed by atoms with Crippen LogP contribution >= 0.6 is 0 Å². The molecule has 0 spiro atoms. The average molecular weight is 449 g/mol. The van der Waals surface area contributed by atoms with Crippen molar-refractivity contribution in [1.82, 2.24) is 0 Å². The minimum atomic E-state index is -0.967. The first-order valence-electron chi connectivity index (χ1n) is 9.72. The summed E-state index contributed by atoms with van der Waals surface area (Å²) in [4.78, 5) is 33.0. The fourth-order valence-electron chi connectivity index (χ4n) is 2.58. The number of esters is 1. The van der Waals surface area contributed by atoms with E-state index in [1.807, 2.05) is 12.1 Å². The van der Waals surface area contributed by atoms with Crippen molar-refractivity contribution in [3.63, 3.8) is 0 Å². The Hall–Kier alpha value is -4.59. The van der Waals surface area contributed by atoms with Gasteiger partial charge in [0.15, 0.2) is 0 Å². The van der Waals surface area contributed by atoms with E-state index in [1.54, 1.807) is 55.6 Å². The summed E-state index contributed by atoms with van der Waals surface area (Å²) in [5.74, 6) is -0.926. The molecule has 0 radical (unpaired) electrons. The van der Waals surface area contributed by atoms with Gasteiger partial charge in [-0.15, -0.1) is 0 Å². The third-order valence-corrected chi connectivity index (χ3v) is 4.05. The van der Waals surface area contributed by atoms with Gasteiger partial charge in [0.25, 0.3) is 0 Å². The summed E-state index contributed by atoms with van der Waals surface area (Å²) in [6.45, 7) is 1.41. The summed E-state index contributed by atoms with van der Waals surface area (Å²) in [6, 6.07) is 19.7. The molecule has 0 atom stereocenters. The number of hydrogen-bond acceptors (Lipinski definition) is 6. The minimum absolute atomic E-state index is 0.0958. The first-order chi connectivity index (χ1) is 15.8. The molecule has 0 aliphatic heterocycles. The Morgan fingerprint density at radius 2 is 1.55 bits per heavy atom. The summed E-state index contributed by atoms with van der Waals surface area (Å²) in [6.07, 6.45) is 2.58. The topological polar surface area (TPSA) is 122 Å². The highest BCUT2D eigenvalue weighted by Gasteiger charge is 2.12. The lowest BCUT2D eigenvalue weighted by atomic mass is 10.2. The van der Waals surface area contributed by atoms with Gasteiger partial charge in [0.2, 0.25) is 5.91 Å². The Balaban J connectivity index is 0.000000257. The number of carbonyl (C=O) groups excluding carboxylic acids is 2. The number of carboxylic acids is 1. The summed E-state index contributed by atoms with van der Waals surface area (Å²) < 4.78 is 10.2. The second-order valence-corrected chi connectivity index (χ2v) is 6.53. The number of anilines is 1. The van der Waals surface area contributed by atoms with E-state index in [2.05, 4.69) is 5.32 Å². The SMILES string of the molecule is CC(=O)Nc1ccc(OC(=O)c2ccccc2O)cc1.COc1ccccc1C=CC(=O)O. The molecule has 0 bridgehead atoms. The van der Waals surface area contributed by atoms with Crippen molar-refractivity contribution < 1.29 is 34.1 Å². The maximum Gasteiger partial charge on any atom is 0.347 e. The number of nitrogens with one attached hydrogen (secondary N) is 1. The molecule has 0 unspecified atom stereocenters. The fourth-order valence-corrected chi connectivity index (χ4v) is 2.58. The van der Waals surface area contributed by atoms with Crippen LogP contribution in [-0.4, -0.2) is 35.2 Å². The molecule has 0 aliphatic rings. The lowest BCUT2D eigenvalue weighted by Gasteiger charge is -2.07. The number of methoxy groups -OCH3 is 1. The van der Waals surface area contributed by atoms with Gasteiger partial charge in [0.1, 0.15) is 22.8 Å². The van der Waals surface area contributed by atoms with E-state index < -0.39 is 11.9 Å². The third kappa shape index (κ3) is 8.22. The first-order valence-corrected chi connectivity index (χ1v) is 9.72. The lowest BCUT2D eigenvalue weighted by Crippen LogP contribution is -2.09. The van der Waals surface area contributed by atoms with E-state index >= 15 is 0 Å². The quantitative estimate of drug-likeness (QED) is 0.290. The van der Waals surface area contributed by atoms with Gasteiger partial charge in [-0.1, -0.05) is 30.3 Å². The van der Waals surface area contributed by atoms with Crippen molar-refractivity contribution in [2.24, 2.45) is 0 Å². The van der Waals surface area contributed by atoms with Gasteiger partial charge in [-0.3, -0.25) is 4.79 Å². The first kappa shape index (κ1) is 24.7. The number of benzene rings is 3. The number of ether oxygens (including phenoxy) is 2. The van der Waals surface area contributed by atoms with E-state index in [1.165, 1.54) is 25.1 Å². The van der Waals surface area contributed by atoms with E-state index in [0.29, 0.717) is 17.2 Å². The van der Waals surface area contributed by atoms with E-state index in [0.717, 1.165) is 11.6 Å². The Morgan fingerprint density at radius 1 is 0.909 bits per heavy atom. The number of amides is 1. The van der Waals surface area contributed by atoms with Crippen LogP contribution in [0.5, 0.6) is 17.2 Å². The number of aliphatic carboxylic acids is 1. The number of rotatable bonds is 6. The van der Waals surface area contributed by atoms with Gasteiger partial charge in [-0.05, 0) is 48.5 Å². The zero-order chi connectivity index (χ0) is 24.2. The number of aromatic hydroxyl groups is 1. The molecule has 3 aromatic rings. The molecule has 0 aromatic heterocycles. The summed E-state index contributed by atoms with van der Waals surface area (Å²) in [7, 11) is 1.55. The van der Waals surface area contributed by atoms with Crippen LogP contribution < -0.4 is 14.8 Å². The molecule has 0 saturated carbocycles. The molecular weight excluding hydrogens is 426 g/mol. The van der Waals surface area contributed by atoms with Crippen molar-refractivity contribution in [3.05, 3.63) is 90.0 Å². The number of carboxylic acid groups (broad SMARTS) is 1. The Bertz CT molecular complexity index is 1140. The summed E-state index contributed by atoms with van der Waals surface area (Å²) in [5.41, 5.74) is 1.46. The number of carbonyl (C=O) groups is 3. The van der Waals surface area contributed by atoms with Crippen molar-refractivity contribution in [2.75, 3.05) is 12.4 Å². The number of phenols is 1. The third-order valence-electron chi connectivity index (χ3n) is 4.05. The lowest BCUT2D eigenvalue weighted by molar-refractivity contribution is -0.131. The predicted molar refractivity (Wildman–Crippen MR) is 123 cm³/mol. The Kier molecular flexibility index (Phi) is 9.20. The molecule has 3 aromatic carbocycles. The van der Waals surface area contributed by atoms with Crippen molar-refractivity contribution in [2.45, 2.75) is 6.92 Å². The number of hydrogen-bond donors (Lipinski definition) is 3. The molecule has 0 saturated heterocycles. The van der Waals surface area contributed by atoms with E-state index in [9.17, 15) is 19.5 Å². The van der Waals surface area contributed by atoms with Crippen molar-refractivity contribution >= 4 is 29.6 Å². The zero-order valence-electron chi connectivity index (χ0n) is 18.0. The minimum Gasteiger partial charge on any atom is -0.507 e. The molecule has 3 rings (SSSR count). The van der Waals surface area contributed by atoms with Gasteiger partial charge in [0, 0.05) is 24.3 Å². The molecular formula is C25H23NO7. The van der Waals surface area contributed by atoms with E-state index in [4.69, 9.17) is 14.6 Å². The van der Waals surface area contributed by atoms with Crippen LogP contribution in [0.4, 0.5) is 5.69 Å². The molecule has 3 N–H and O–H groups in total. The maximum absolute atomic E-state index is 11.8. The van der Waals surface area contributed by atoms with Gasteiger partial charge < -0.3 is 25.0 Å². The standard InChI is InChI=1S/C15H13NO4.C10H10O3/c1-10(17)16-11-6-8-12(9-7-11)20-15(19)13-4-2-3-5-14(13)18;1-13-9-5-3-2-4-8(9)6-7-10(11)12/h2-9,18H,1H3,(H,16,17);2-7H,1H3,(H,11,12). The molecule has 1 amide bonds. The van der Waals surface area contributed by atoms with Crippen LogP contribution in [0.25, 0.3) is 6.08 Å². The monoisotopic (exact) mass is 449 g/mol. The molecule has 170 valence electrons. The fraction of sp³-hybridized carbons (Fsp3) is 0.0800. The van der Waals surface area contributed by atoms with Crippen molar-refractivity contribution in [3.8, 4) is 17.2 Å². The highest BCUT2D eigenvalue weighted by Crippen LogP contribution is 2.21. The Morgan fingerprint density at radius 3 is 2.15 bits per heavy atom. The normalized spacial score (nSPS) is 10.0. The summed E-state index contributed by atoms with van der Waals surface area (Å²) in [5, 5.41) is 20.6. The number of para-hydroxylation sites is 2. The molecule has 0 fully saturated rings. The molecule has 0 heterocycles. The smallest absolute Gasteiger partial charge is 0.347 e. The van der Waals surface area contributed by atoms with Crippen LogP contribution in [0.2, 0.25) is 0 Å². The van der Waals surface area contributed by atoms with Gasteiger partial charge in [-0.2, -0.15) is 0 Å². The summed E-state index contributed by atoms with van der Waals surface area (Å²) >= 11 is 0. The van der Waals surface area contributed by atoms with Gasteiger partial charge in [0.05, 0.1) is 7.11 Å². The predicted octanol–water partition coefficient (Wildman–Crippen LogP) is 4.36. The second-order valence-electron chi connectivity index (χ2n) is 6.53. The highest BCUT2D eigenvalue weighted by atomic mass is 16.5. The largest absolute Gasteiger partial charge is 0.507 e. The van der Waals surface area contributed by atoms with Gasteiger partial charge in [-0.25, -0.2) is 9.59 Å². The maximum atomic E-state index is 11.8. The van der Waals surface area contributed by atoms with Crippen LogP contribution in [0.15, 0.2) is 78.9 Å². The van der Waals surface area contributed by atoms with Crippen LogP contribution in [0, 0.1) is 0 Å². The van der Waals surface area contributed by atoms with Crippen LogP contribution in [-0.2, 0) is 9.59 Å². The van der Waals surface area contributed by atoms with Crippen molar-refractivity contribution in [1.29, 1.82) is 0 Å².